The van der Waals surface area contributed by atoms with Crippen LogP contribution in [-0.4, -0.2) is 0 Å². The van der Waals surface area contributed by atoms with E-state index in [1.807, 2.05) is 0 Å². The topological polar surface area (TPSA) is 0 Å². The Kier molecular flexibility index (Phi) is 4.58. The summed E-state index contributed by atoms with van der Waals surface area (Å²) in [6, 6.07) is 17.7. The van der Waals surface area contributed by atoms with Gasteiger partial charge in [-0.1, -0.05) is 61.9 Å². The van der Waals surface area contributed by atoms with Crippen LogP contribution in [0.15, 0.2) is 48.5 Å². The maximum atomic E-state index is 2.36. The van der Waals surface area contributed by atoms with Crippen molar-refractivity contribution >= 4 is 0 Å². The summed E-state index contributed by atoms with van der Waals surface area (Å²) in [7, 11) is 0. The highest BCUT2D eigenvalue weighted by atomic mass is 14.0. The maximum Gasteiger partial charge on any atom is -0.0236 e. The fourth-order valence-electron chi connectivity index (χ4n) is 2.40. The van der Waals surface area contributed by atoms with E-state index in [2.05, 4.69) is 62.4 Å². The van der Waals surface area contributed by atoms with Gasteiger partial charge in [0.05, 0.1) is 0 Å². The molecule has 0 spiro atoms. The lowest BCUT2D eigenvalue weighted by atomic mass is 9.99. The first-order valence-corrected chi connectivity index (χ1v) is 6.92. The van der Waals surface area contributed by atoms with E-state index >= 15 is 0 Å². The average molecular weight is 238 g/mol. The molecule has 2 aromatic rings. The summed E-state index contributed by atoms with van der Waals surface area (Å²) in [6.45, 7) is 4.43. The predicted molar refractivity (Wildman–Crippen MR) is 79.0 cm³/mol. The number of hydrogen-bond donors (Lipinski definition) is 0. The Morgan fingerprint density at radius 2 is 1.50 bits per heavy atom. The van der Waals surface area contributed by atoms with Gasteiger partial charge in [-0.3, -0.25) is 0 Å². The van der Waals surface area contributed by atoms with Crippen LogP contribution in [0.4, 0.5) is 0 Å². The Hall–Kier alpha value is -1.56. The molecule has 0 unspecified atom stereocenters. The van der Waals surface area contributed by atoms with Gasteiger partial charge in [-0.05, 0) is 48.4 Å². The Labute approximate surface area is 111 Å². The van der Waals surface area contributed by atoms with Gasteiger partial charge in [0.25, 0.3) is 0 Å². The minimum Gasteiger partial charge on any atom is -0.0651 e. The smallest absolute Gasteiger partial charge is 0.0236 e. The molecule has 0 aliphatic heterocycles. The van der Waals surface area contributed by atoms with Crippen LogP contribution in [0.5, 0.6) is 0 Å². The summed E-state index contributed by atoms with van der Waals surface area (Å²) < 4.78 is 0. The molecular formula is C18H22. The lowest BCUT2D eigenvalue weighted by Gasteiger charge is -2.07. The van der Waals surface area contributed by atoms with Crippen LogP contribution in [0.1, 0.15) is 35.6 Å². The molecule has 0 N–H and O–H groups in total. The third kappa shape index (κ3) is 3.46. The first-order chi connectivity index (χ1) is 8.79. The van der Waals surface area contributed by atoms with Crippen molar-refractivity contribution in [1.82, 2.24) is 0 Å². The van der Waals surface area contributed by atoms with E-state index in [1.165, 1.54) is 35.1 Å². The zero-order valence-corrected chi connectivity index (χ0v) is 11.4. The van der Waals surface area contributed by atoms with Gasteiger partial charge in [0, 0.05) is 0 Å². The average Bonchev–Trinajstić information content (AvgIpc) is 2.39. The van der Waals surface area contributed by atoms with Gasteiger partial charge in [0.1, 0.15) is 0 Å². The molecule has 0 aliphatic carbocycles. The highest BCUT2D eigenvalue weighted by molar-refractivity contribution is 5.28. The van der Waals surface area contributed by atoms with Crippen LogP contribution in [0.3, 0.4) is 0 Å². The lowest BCUT2D eigenvalue weighted by molar-refractivity contribution is 0.905. The Morgan fingerprint density at radius 3 is 2.22 bits per heavy atom. The van der Waals surface area contributed by atoms with E-state index < -0.39 is 0 Å². The summed E-state index contributed by atoms with van der Waals surface area (Å²) in [6.07, 6.45) is 4.70. The molecule has 0 aromatic heterocycles. The molecular weight excluding hydrogens is 216 g/mol. The first kappa shape index (κ1) is 12.9. The van der Waals surface area contributed by atoms with Crippen LogP contribution < -0.4 is 0 Å². The number of aryl methyl sites for hydroxylation is 4. The van der Waals surface area contributed by atoms with Crippen LogP contribution in [0, 0.1) is 6.92 Å². The van der Waals surface area contributed by atoms with Crippen molar-refractivity contribution in [2.45, 2.75) is 39.5 Å². The molecule has 2 aromatic carbocycles. The SMILES string of the molecule is CCCc1cccc(CCc2ccccc2C)c1. The quantitative estimate of drug-likeness (QED) is 0.706. The van der Waals surface area contributed by atoms with Gasteiger partial charge in [-0.15, -0.1) is 0 Å². The number of benzene rings is 2. The summed E-state index contributed by atoms with van der Waals surface area (Å²) in [5, 5.41) is 0. The van der Waals surface area contributed by atoms with Crippen molar-refractivity contribution in [3.05, 3.63) is 70.8 Å². The molecule has 2 rings (SSSR count). The van der Waals surface area contributed by atoms with Gasteiger partial charge >= 0.3 is 0 Å². The zero-order chi connectivity index (χ0) is 12.8. The minimum absolute atomic E-state index is 1.14. The molecule has 0 heteroatoms. The molecule has 0 heterocycles. The van der Waals surface area contributed by atoms with E-state index in [-0.39, 0.29) is 0 Å². The fraction of sp³-hybridized carbons (Fsp3) is 0.333. The van der Waals surface area contributed by atoms with Crippen molar-refractivity contribution < 1.29 is 0 Å². The highest BCUT2D eigenvalue weighted by Crippen LogP contribution is 2.13. The zero-order valence-electron chi connectivity index (χ0n) is 11.4. The summed E-state index contributed by atoms with van der Waals surface area (Å²) in [5.74, 6) is 0. The van der Waals surface area contributed by atoms with E-state index in [4.69, 9.17) is 0 Å². The van der Waals surface area contributed by atoms with E-state index in [1.54, 1.807) is 0 Å². The molecule has 0 amide bonds. The largest absolute Gasteiger partial charge is 0.0651 e. The molecule has 18 heavy (non-hydrogen) atoms. The molecule has 0 nitrogen and oxygen atoms in total. The Balaban J connectivity index is 2.02. The highest BCUT2D eigenvalue weighted by Gasteiger charge is 1.99. The lowest BCUT2D eigenvalue weighted by Crippen LogP contribution is -1.95. The predicted octanol–water partition coefficient (Wildman–Crippen LogP) is 4.73. The van der Waals surface area contributed by atoms with Gasteiger partial charge in [-0.2, -0.15) is 0 Å². The van der Waals surface area contributed by atoms with E-state index in [0.29, 0.717) is 0 Å². The first-order valence-electron chi connectivity index (χ1n) is 6.92. The van der Waals surface area contributed by atoms with Gasteiger partial charge in [0.15, 0.2) is 0 Å². The van der Waals surface area contributed by atoms with Crippen LogP contribution in [-0.2, 0) is 19.3 Å². The van der Waals surface area contributed by atoms with Gasteiger partial charge < -0.3 is 0 Å². The number of rotatable bonds is 5. The third-order valence-corrected chi connectivity index (χ3v) is 3.47. The third-order valence-electron chi connectivity index (χ3n) is 3.47. The monoisotopic (exact) mass is 238 g/mol. The Morgan fingerprint density at radius 1 is 0.778 bits per heavy atom. The van der Waals surface area contributed by atoms with E-state index in [9.17, 15) is 0 Å². The molecule has 0 aliphatic rings. The molecule has 0 saturated carbocycles. The fourth-order valence-corrected chi connectivity index (χ4v) is 2.40. The van der Waals surface area contributed by atoms with Crippen molar-refractivity contribution in [2.24, 2.45) is 0 Å². The van der Waals surface area contributed by atoms with Crippen LogP contribution in [0.2, 0.25) is 0 Å². The molecule has 0 fully saturated rings. The van der Waals surface area contributed by atoms with Gasteiger partial charge in [0.2, 0.25) is 0 Å². The second-order valence-electron chi connectivity index (χ2n) is 5.00. The van der Waals surface area contributed by atoms with Crippen LogP contribution in [0.25, 0.3) is 0 Å². The summed E-state index contributed by atoms with van der Waals surface area (Å²) >= 11 is 0. The minimum atomic E-state index is 1.14. The van der Waals surface area contributed by atoms with Gasteiger partial charge in [-0.25, -0.2) is 0 Å². The number of hydrogen-bond acceptors (Lipinski definition) is 0. The summed E-state index contributed by atoms with van der Waals surface area (Å²) in [4.78, 5) is 0. The van der Waals surface area contributed by atoms with E-state index in [0.717, 1.165) is 12.8 Å². The molecule has 0 radical (unpaired) electrons. The Bertz CT molecular complexity index is 497. The second kappa shape index (κ2) is 6.39. The van der Waals surface area contributed by atoms with Crippen molar-refractivity contribution in [2.75, 3.05) is 0 Å². The standard InChI is InChI=1S/C18H22/c1-3-7-16-9-6-10-17(14-16)12-13-18-11-5-4-8-15(18)2/h4-6,8-11,14H,3,7,12-13H2,1-2H3. The summed E-state index contributed by atoms with van der Waals surface area (Å²) in [5.41, 5.74) is 5.81. The molecule has 0 saturated heterocycles. The van der Waals surface area contributed by atoms with Crippen molar-refractivity contribution in [3.63, 3.8) is 0 Å². The molecule has 0 atom stereocenters. The maximum absolute atomic E-state index is 2.36. The molecule has 0 bridgehead atoms. The van der Waals surface area contributed by atoms with Crippen molar-refractivity contribution in [1.29, 1.82) is 0 Å². The second-order valence-corrected chi connectivity index (χ2v) is 5.00. The normalized spacial score (nSPS) is 10.6. The molecule has 94 valence electrons. The van der Waals surface area contributed by atoms with Crippen molar-refractivity contribution in [3.8, 4) is 0 Å². The van der Waals surface area contributed by atoms with Crippen LogP contribution >= 0.6 is 0 Å².